The first-order chi connectivity index (χ1) is 10.6. The summed E-state index contributed by atoms with van der Waals surface area (Å²) < 4.78 is 0. The van der Waals surface area contributed by atoms with Gasteiger partial charge in [0.1, 0.15) is 0 Å². The molecule has 0 spiro atoms. The first-order valence-electron chi connectivity index (χ1n) is 6.88. The van der Waals surface area contributed by atoms with Gasteiger partial charge in [-0.05, 0) is 11.6 Å². The standard InChI is InChI=1S/C17H15NO4/c1-18-15(19)13-9-5-6-10-14(13)17(22-21,16(18)20)11-12-7-3-2-4-8-12/h2-10,21H,11H2,1H3. The van der Waals surface area contributed by atoms with E-state index in [1.165, 1.54) is 7.05 Å². The van der Waals surface area contributed by atoms with Crippen molar-refractivity contribution in [2.75, 3.05) is 7.05 Å². The van der Waals surface area contributed by atoms with Crippen LogP contribution in [0.15, 0.2) is 54.6 Å². The van der Waals surface area contributed by atoms with E-state index in [1.54, 1.807) is 24.3 Å². The average molecular weight is 297 g/mol. The second kappa shape index (κ2) is 5.36. The van der Waals surface area contributed by atoms with Crippen molar-refractivity contribution in [2.24, 2.45) is 0 Å². The van der Waals surface area contributed by atoms with Crippen molar-refractivity contribution in [1.29, 1.82) is 0 Å². The van der Waals surface area contributed by atoms with Crippen LogP contribution in [0.25, 0.3) is 0 Å². The fourth-order valence-corrected chi connectivity index (χ4v) is 2.86. The molecular weight excluding hydrogens is 282 g/mol. The Bertz CT molecular complexity index is 728. The van der Waals surface area contributed by atoms with Crippen molar-refractivity contribution in [2.45, 2.75) is 12.0 Å². The number of nitrogens with zero attached hydrogens (tertiary/aromatic N) is 1. The highest BCUT2D eigenvalue weighted by atomic mass is 17.1. The summed E-state index contributed by atoms with van der Waals surface area (Å²) in [6.45, 7) is 0. The zero-order valence-electron chi connectivity index (χ0n) is 12.0. The predicted octanol–water partition coefficient (Wildman–Crippen LogP) is 2.23. The summed E-state index contributed by atoms with van der Waals surface area (Å²) in [5, 5.41) is 9.57. The van der Waals surface area contributed by atoms with E-state index in [0.29, 0.717) is 11.1 Å². The van der Waals surface area contributed by atoms with Gasteiger partial charge in [0.05, 0.1) is 0 Å². The highest BCUT2D eigenvalue weighted by Crippen LogP contribution is 2.37. The molecule has 1 atom stereocenters. The summed E-state index contributed by atoms with van der Waals surface area (Å²) in [6.07, 6.45) is 0.137. The first kappa shape index (κ1) is 14.4. The van der Waals surface area contributed by atoms with Gasteiger partial charge in [0, 0.05) is 24.6 Å². The lowest BCUT2D eigenvalue weighted by atomic mass is 9.80. The summed E-state index contributed by atoms with van der Waals surface area (Å²) in [6, 6.07) is 15.9. The van der Waals surface area contributed by atoms with Crippen LogP contribution in [0.1, 0.15) is 21.5 Å². The summed E-state index contributed by atoms with van der Waals surface area (Å²) in [4.78, 5) is 30.6. The van der Waals surface area contributed by atoms with Gasteiger partial charge in [0.2, 0.25) is 5.60 Å². The Balaban J connectivity index is 2.18. The van der Waals surface area contributed by atoms with E-state index in [2.05, 4.69) is 0 Å². The van der Waals surface area contributed by atoms with Crippen molar-refractivity contribution in [3.63, 3.8) is 0 Å². The normalized spacial score (nSPS) is 20.9. The fourth-order valence-electron chi connectivity index (χ4n) is 2.86. The molecule has 0 aromatic heterocycles. The predicted molar refractivity (Wildman–Crippen MR) is 79.1 cm³/mol. The van der Waals surface area contributed by atoms with Gasteiger partial charge in [-0.25, -0.2) is 4.89 Å². The molecule has 2 amide bonds. The highest BCUT2D eigenvalue weighted by molar-refractivity contribution is 6.12. The van der Waals surface area contributed by atoms with E-state index in [0.717, 1.165) is 10.5 Å². The summed E-state index contributed by atoms with van der Waals surface area (Å²) in [5.41, 5.74) is -0.0489. The molecule has 5 heteroatoms. The van der Waals surface area contributed by atoms with Gasteiger partial charge in [-0.2, -0.15) is 0 Å². The van der Waals surface area contributed by atoms with Crippen LogP contribution in [0.5, 0.6) is 0 Å². The maximum Gasteiger partial charge on any atom is 0.269 e. The molecular formula is C17H15NO4. The van der Waals surface area contributed by atoms with Gasteiger partial charge in [-0.15, -0.1) is 0 Å². The van der Waals surface area contributed by atoms with Crippen LogP contribution in [0.2, 0.25) is 0 Å². The van der Waals surface area contributed by atoms with Crippen LogP contribution in [-0.4, -0.2) is 29.0 Å². The minimum Gasteiger partial charge on any atom is -0.279 e. The molecule has 0 fully saturated rings. The van der Waals surface area contributed by atoms with Crippen LogP contribution >= 0.6 is 0 Å². The number of carbonyl (C=O) groups is 2. The Labute approximate surface area is 127 Å². The largest absolute Gasteiger partial charge is 0.279 e. The van der Waals surface area contributed by atoms with E-state index < -0.39 is 17.4 Å². The number of imide groups is 1. The van der Waals surface area contributed by atoms with Gasteiger partial charge >= 0.3 is 0 Å². The molecule has 1 aliphatic heterocycles. The molecule has 1 N–H and O–H groups in total. The van der Waals surface area contributed by atoms with Crippen molar-refractivity contribution in [3.05, 3.63) is 71.3 Å². The molecule has 2 aromatic rings. The number of hydrogen-bond donors (Lipinski definition) is 1. The molecule has 1 unspecified atom stereocenters. The molecule has 0 saturated carbocycles. The number of fused-ring (bicyclic) bond motifs is 1. The monoisotopic (exact) mass is 297 g/mol. The molecule has 0 bridgehead atoms. The molecule has 0 saturated heterocycles. The lowest BCUT2D eigenvalue weighted by molar-refractivity contribution is -0.320. The third kappa shape index (κ3) is 2.03. The third-order valence-electron chi connectivity index (χ3n) is 4.00. The van der Waals surface area contributed by atoms with E-state index in [-0.39, 0.29) is 6.42 Å². The number of hydrogen-bond acceptors (Lipinski definition) is 4. The second-order valence-electron chi connectivity index (χ2n) is 5.30. The minimum atomic E-state index is -1.61. The average Bonchev–Trinajstić information content (AvgIpc) is 2.58. The van der Waals surface area contributed by atoms with Crippen molar-refractivity contribution < 1.29 is 19.7 Å². The van der Waals surface area contributed by atoms with Crippen molar-refractivity contribution in [3.8, 4) is 0 Å². The Kier molecular flexibility index (Phi) is 3.52. The van der Waals surface area contributed by atoms with Crippen LogP contribution in [0.3, 0.4) is 0 Å². The quantitative estimate of drug-likeness (QED) is 0.536. The van der Waals surface area contributed by atoms with Crippen LogP contribution in [-0.2, 0) is 21.7 Å². The van der Waals surface area contributed by atoms with Gasteiger partial charge in [0.15, 0.2) is 0 Å². The molecule has 5 nitrogen and oxygen atoms in total. The third-order valence-corrected chi connectivity index (χ3v) is 4.00. The van der Waals surface area contributed by atoms with Crippen LogP contribution < -0.4 is 0 Å². The number of likely N-dealkylation sites (N-methyl/N-ethyl adjacent to an activating group) is 1. The van der Waals surface area contributed by atoms with Gasteiger partial charge in [0.25, 0.3) is 11.8 Å². The molecule has 2 aromatic carbocycles. The Morgan fingerprint density at radius 3 is 2.36 bits per heavy atom. The van der Waals surface area contributed by atoms with E-state index in [1.807, 2.05) is 30.3 Å². The maximum atomic E-state index is 12.7. The van der Waals surface area contributed by atoms with Crippen molar-refractivity contribution in [1.82, 2.24) is 4.90 Å². The van der Waals surface area contributed by atoms with Gasteiger partial charge < -0.3 is 0 Å². The van der Waals surface area contributed by atoms with Crippen LogP contribution in [0, 0.1) is 0 Å². The molecule has 0 aliphatic carbocycles. The summed E-state index contributed by atoms with van der Waals surface area (Å²) in [7, 11) is 1.39. The lowest BCUT2D eigenvalue weighted by Gasteiger charge is -2.38. The molecule has 22 heavy (non-hydrogen) atoms. The minimum absolute atomic E-state index is 0.137. The zero-order valence-corrected chi connectivity index (χ0v) is 12.0. The number of amides is 2. The molecule has 112 valence electrons. The number of carbonyl (C=O) groups excluding carboxylic acids is 2. The Morgan fingerprint density at radius 2 is 1.68 bits per heavy atom. The van der Waals surface area contributed by atoms with Crippen LogP contribution in [0.4, 0.5) is 0 Å². The molecule has 1 heterocycles. The summed E-state index contributed by atoms with van der Waals surface area (Å²) in [5.74, 6) is -0.983. The maximum absolute atomic E-state index is 12.7. The molecule has 3 rings (SSSR count). The van der Waals surface area contributed by atoms with Gasteiger partial charge in [-0.3, -0.25) is 19.7 Å². The molecule has 1 aliphatic rings. The fraction of sp³-hybridized carbons (Fsp3) is 0.176. The van der Waals surface area contributed by atoms with E-state index >= 15 is 0 Å². The highest BCUT2D eigenvalue weighted by Gasteiger charge is 2.51. The summed E-state index contributed by atoms with van der Waals surface area (Å²) >= 11 is 0. The zero-order chi connectivity index (χ0) is 15.7. The molecule has 0 radical (unpaired) electrons. The van der Waals surface area contributed by atoms with E-state index in [4.69, 9.17) is 4.89 Å². The Morgan fingerprint density at radius 1 is 1.05 bits per heavy atom. The number of benzene rings is 2. The first-order valence-corrected chi connectivity index (χ1v) is 6.88. The van der Waals surface area contributed by atoms with E-state index in [9.17, 15) is 14.8 Å². The second-order valence-corrected chi connectivity index (χ2v) is 5.30. The SMILES string of the molecule is CN1C(=O)c2ccccc2C(Cc2ccccc2)(OO)C1=O. The smallest absolute Gasteiger partial charge is 0.269 e. The topological polar surface area (TPSA) is 66.8 Å². The lowest BCUT2D eigenvalue weighted by Crippen LogP contribution is -2.55. The number of rotatable bonds is 3. The Hall–Kier alpha value is -2.50. The van der Waals surface area contributed by atoms with Gasteiger partial charge in [-0.1, -0.05) is 48.5 Å². The van der Waals surface area contributed by atoms with Crippen molar-refractivity contribution >= 4 is 11.8 Å².